The molecule has 1 saturated carbocycles. The van der Waals surface area contributed by atoms with Gasteiger partial charge in [0.1, 0.15) is 0 Å². The highest BCUT2D eigenvalue weighted by atomic mass is 35.5. The lowest BCUT2D eigenvalue weighted by Gasteiger charge is -2.18. The van der Waals surface area contributed by atoms with E-state index < -0.39 is 5.97 Å². The molecule has 5 heteroatoms. The van der Waals surface area contributed by atoms with Crippen LogP contribution < -0.4 is 0 Å². The largest absolute Gasteiger partial charge is 0.478 e. The molecule has 0 unspecified atom stereocenters. The van der Waals surface area contributed by atoms with E-state index >= 15 is 0 Å². The van der Waals surface area contributed by atoms with Gasteiger partial charge in [-0.25, -0.2) is 4.79 Å². The van der Waals surface area contributed by atoms with Crippen molar-refractivity contribution < 1.29 is 9.90 Å². The fraction of sp³-hybridized carbons (Fsp3) is 0.111. The van der Waals surface area contributed by atoms with Crippen molar-refractivity contribution in [3.8, 4) is 0 Å². The van der Waals surface area contributed by atoms with E-state index in [-0.39, 0.29) is 0 Å². The number of carboxylic acids is 1. The smallest absolute Gasteiger partial charge is 0.328 e. The summed E-state index contributed by atoms with van der Waals surface area (Å²) in [6.45, 7) is 0. The lowest BCUT2D eigenvalue weighted by Crippen LogP contribution is -1.98. The molecule has 5 rings (SSSR count). The summed E-state index contributed by atoms with van der Waals surface area (Å²) in [5, 5.41) is 17.9. The molecule has 0 amide bonds. The predicted octanol–water partition coefficient (Wildman–Crippen LogP) is 6.68. The summed E-state index contributed by atoms with van der Waals surface area (Å²) in [4.78, 5) is 10.9. The van der Waals surface area contributed by atoms with E-state index in [2.05, 4.69) is 46.6 Å². The van der Waals surface area contributed by atoms with Gasteiger partial charge in [-0.3, -0.25) is 5.10 Å². The van der Waals surface area contributed by atoms with Gasteiger partial charge in [0.15, 0.2) is 0 Å². The van der Waals surface area contributed by atoms with Gasteiger partial charge in [-0.15, -0.1) is 0 Å². The number of nitrogens with zero attached hydrogens (tertiary/aromatic N) is 1. The molecule has 1 aromatic heterocycles. The first-order chi connectivity index (χ1) is 15.6. The number of nitrogens with one attached hydrogen (secondary N) is 1. The number of carbonyl (C=O) groups is 1. The molecule has 32 heavy (non-hydrogen) atoms. The Morgan fingerprint density at radius 2 is 1.78 bits per heavy atom. The Balaban J connectivity index is 1.73. The Hall–Kier alpha value is -3.63. The SMILES string of the molecule is O=C(O)/C=C/c1ccc(/C(=C(\c2ccccc2Cl)C2CC2)c2ccc3[nH]ncc3c2)cc1. The highest BCUT2D eigenvalue weighted by Gasteiger charge is 2.31. The third-order valence-corrected chi connectivity index (χ3v) is 6.10. The van der Waals surface area contributed by atoms with Crippen molar-refractivity contribution in [1.82, 2.24) is 10.2 Å². The minimum Gasteiger partial charge on any atom is -0.478 e. The molecule has 0 atom stereocenters. The van der Waals surface area contributed by atoms with E-state index in [9.17, 15) is 4.79 Å². The number of fused-ring (bicyclic) bond motifs is 1. The first-order valence-electron chi connectivity index (χ1n) is 10.5. The predicted molar refractivity (Wildman–Crippen MR) is 129 cm³/mol. The maximum Gasteiger partial charge on any atom is 0.328 e. The van der Waals surface area contributed by atoms with Crippen LogP contribution in [0.2, 0.25) is 5.02 Å². The van der Waals surface area contributed by atoms with E-state index in [0.29, 0.717) is 5.92 Å². The maximum absolute atomic E-state index is 10.9. The molecule has 4 nitrogen and oxygen atoms in total. The second kappa shape index (κ2) is 8.48. The van der Waals surface area contributed by atoms with Gasteiger partial charge in [-0.05, 0) is 76.4 Å². The molecule has 0 aliphatic heterocycles. The van der Waals surface area contributed by atoms with Crippen molar-refractivity contribution >= 4 is 45.7 Å². The minimum atomic E-state index is -0.960. The molecular formula is C27H21ClN2O2. The van der Waals surface area contributed by atoms with E-state index in [1.165, 1.54) is 5.57 Å². The van der Waals surface area contributed by atoms with Gasteiger partial charge in [-0.2, -0.15) is 5.10 Å². The van der Waals surface area contributed by atoms with Gasteiger partial charge in [0.05, 0.1) is 11.7 Å². The molecule has 0 bridgehead atoms. The van der Waals surface area contributed by atoms with Gasteiger partial charge >= 0.3 is 5.97 Å². The highest BCUT2D eigenvalue weighted by Crippen LogP contribution is 2.49. The van der Waals surface area contributed by atoms with Crippen molar-refractivity contribution in [1.29, 1.82) is 0 Å². The van der Waals surface area contributed by atoms with Gasteiger partial charge in [-0.1, -0.05) is 60.1 Å². The van der Waals surface area contributed by atoms with Gasteiger partial charge in [0, 0.05) is 16.5 Å². The number of aromatic amines is 1. The van der Waals surface area contributed by atoms with Crippen molar-refractivity contribution in [3.63, 3.8) is 0 Å². The number of allylic oxidation sites excluding steroid dienone is 1. The Morgan fingerprint density at radius 3 is 2.50 bits per heavy atom. The minimum absolute atomic E-state index is 0.455. The number of H-pyrrole nitrogens is 1. The standard InChI is InChI=1S/C27H21ClN2O2/c28-23-4-2-1-3-22(23)27(19-10-11-19)26(20-12-13-24-21(15-20)16-29-30-24)18-8-5-17(6-9-18)7-14-25(31)32/h1-9,12-16,19H,10-11H2,(H,29,30)(H,31,32)/b14-7+,27-26+. The number of rotatable bonds is 6. The normalized spacial score (nSPS) is 14.7. The first kappa shape index (κ1) is 20.3. The maximum atomic E-state index is 10.9. The zero-order valence-electron chi connectivity index (χ0n) is 17.3. The Kier molecular flexibility index (Phi) is 5.38. The molecule has 2 N–H and O–H groups in total. The molecule has 4 aromatic rings. The molecule has 0 saturated heterocycles. The summed E-state index contributed by atoms with van der Waals surface area (Å²) in [5.74, 6) is -0.505. The first-order valence-corrected chi connectivity index (χ1v) is 10.9. The van der Waals surface area contributed by atoms with Crippen LogP contribution in [0.4, 0.5) is 0 Å². The lowest BCUT2D eigenvalue weighted by atomic mass is 9.86. The summed E-state index contributed by atoms with van der Waals surface area (Å²) >= 11 is 6.67. The average molecular weight is 441 g/mol. The molecule has 1 aliphatic rings. The zero-order valence-corrected chi connectivity index (χ0v) is 18.0. The van der Waals surface area contributed by atoms with Crippen molar-refractivity contribution in [2.24, 2.45) is 5.92 Å². The molecular weight excluding hydrogens is 420 g/mol. The van der Waals surface area contributed by atoms with Crippen LogP contribution in [0.3, 0.4) is 0 Å². The van der Waals surface area contributed by atoms with Crippen LogP contribution in [0.15, 0.2) is 79.0 Å². The number of hydrogen-bond acceptors (Lipinski definition) is 2. The van der Waals surface area contributed by atoms with Crippen LogP contribution in [-0.2, 0) is 4.79 Å². The van der Waals surface area contributed by atoms with Gasteiger partial charge < -0.3 is 5.11 Å². The number of aromatic nitrogens is 2. The van der Waals surface area contributed by atoms with Crippen LogP contribution in [0, 0.1) is 5.92 Å². The Morgan fingerprint density at radius 1 is 1.03 bits per heavy atom. The van der Waals surface area contributed by atoms with Crippen LogP contribution in [0.25, 0.3) is 28.1 Å². The van der Waals surface area contributed by atoms with Gasteiger partial charge in [0.25, 0.3) is 0 Å². The molecule has 0 radical (unpaired) electrons. The lowest BCUT2D eigenvalue weighted by molar-refractivity contribution is -0.131. The second-order valence-corrected chi connectivity index (χ2v) is 8.42. The third-order valence-electron chi connectivity index (χ3n) is 5.77. The van der Waals surface area contributed by atoms with Crippen LogP contribution in [0.5, 0.6) is 0 Å². The quantitative estimate of drug-likeness (QED) is 0.259. The number of benzene rings is 3. The summed E-state index contributed by atoms with van der Waals surface area (Å²) in [6.07, 6.45) is 6.86. The zero-order chi connectivity index (χ0) is 22.1. The number of hydrogen-bond donors (Lipinski definition) is 2. The monoisotopic (exact) mass is 440 g/mol. The molecule has 1 aliphatic carbocycles. The molecule has 1 heterocycles. The van der Waals surface area contributed by atoms with E-state index in [1.54, 1.807) is 6.08 Å². The fourth-order valence-electron chi connectivity index (χ4n) is 4.11. The van der Waals surface area contributed by atoms with Crippen molar-refractivity contribution in [2.45, 2.75) is 12.8 Å². The number of aliphatic carboxylic acids is 1. The average Bonchev–Trinajstić information content (AvgIpc) is 3.53. The topological polar surface area (TPSA) is 66.0 Å². The second-order valence-electron chi connectivity index (χ2n) is 8.01. The summed E-state index contributed by atoms with van der Waals surface area (Å²) in [5.41, 5.74) is 7.48. The molecule has 3 aromatic carbocycles. The Bertz CT molecular complexity index is 1360. The van der Waals surface area contributed by atoms with Crippen LogP contribution in [0.1, 0.15) is 35.1 Å². The molecule has 1 fully saturated rings. The van der Waals surface area contributed by atoms with Crippen molar-refractivity contribution in [3.05, 3.63) is 106 Å². The molecule has 158 valence electrons. The van der Waals surface area contributed by atoms with E-state index in [0.717, 1.165) is 62.7 Å². The van der Waals surface area contributed by atoms with Crippen LogP contribution in [-0.4, -0.2) is 21.3 Å². The van der Waals surface area contributed by atoms with E-state index in [4.69, 9.17) is 16.7 Å². The highest BCUT2D eigenvalue weighted by molar-refractivity contribution is 6.32. The van der Waals surface area contributed by atoms with Gasteiger partial charge in [0.2, 0.25) is 0 Å². The molecule has 0 spiro atoms. The number of carboxylic acid groups (broad SMARTS) is 1. The number of halogens is 1. The van der Waals surface area contributed by atoms with Crippen molar-refractivity contribution in [2.75, 3.05) is 0 Å². The summed E-state index contributed by atoms with van der Waals surface area (Å²) in [7, 11) is 0. The van der Waals surface area contributed by atoms with E-state index in [1.807, 2.05) is 36.5 Å². The summed E-state index contributed by atoms with van der Waals surface area (Å²) < 4.78 is 0. The summed E-state index contributed by atoms with van der Waals surface area (Å²) in [6, 6.07) is 22.3. The Labute approximate surface area is 190 Å². The fourth-order valence-corrected chi connectivity index (χ4v) is 4.35. The third kappa shape index (κ3) is 4.10. The van der Waals surface area contributed by atoms with Crippen LogP contribution >= 0.6 is 11.6 Å².